The smallest absolute Gasteiger partial charge is 0.131 e. The van der Waals surface area contributed by atoms with Gasteiger partial charge in [0.25, 0.3) is 0 Å². The van der Waals surface area contributed by atoms with Gasteiger partial charge in [-0.15, -0.1) is 0 Å². The number of aromatic nitrogens is 3. The molecule has 0 aliphatic rings. The average Bonchev–Trinajstić information content (AvgIpc) is 2.74. The van der Waals surface area contributed by atoms with Gasteiger partial charge in [-0.25, -0.2) is 4.98 Å². The molecule has 12 heavy (non-hydrogen) atoms. The zero-order valence-electron chi connectivity index (χ0n) is 6.27. The topological polar surface area (TPSA) is 54.7 Å². The summed E-state index contributed by atoms with van der Waals surface area (Å²) in [4.78, 5) is 6.97. The molecule has 2 aromatic heterocycles. The molecule has 0 fully saturated rings. The summed E-state index contributed by atoms with van der Waals surface area (Å²) in [7, 11) is 0. The Kier molecular flexibility index (Phi) is 1.74. The van der Waals surface area contributed by atoms with Gasteiger partial charge < -0.3 is 9.51 Å². The van der Waals surface area contributed by atoms with Crippen LogP contribution in [0.25, 0.3) is 12.2 Å². The van der Waals surface area contributed by atoms with E-state index in [9.17, 15) is 0 Å². The summed E-state index contributed by atoms with van der Waals surface area (Å²) in [5.74, 6) is 0.816. The second kappa shape index (κ2) is 3.04. The largest absolute Gasteiger partial charge is 0.364 e. The van der Waals surface area contributed by atoms with E-state index in [0.29, 0.717) is 0 Å². The number of hydrogen-bond donors (Lipinski definition) is 1. The van der Waals surface area contributed by atoms with Gasteiger partial charge in [0.05, 0.1) is 6.20 Å². The molecule has 60 valence electrons. The normalized spacial score (nSPS) is 11.0. The highest BCUT2D eigenvalue weighted by Gasteiger charge is 1.89. The Morgan fingerprint density at radius 1 is 1.42 bits per heavy atom. The molecule has 0 amide bonds. The van der Waals surface area contributed by atoms with E-state index in [1.165, 1.54) is 0 Å². The molecule has 0 saturated heterocycles. The first-order chi connectivity index (χ1) is 5.95. The molecule has 2 heterocycles. The number of aromatic amines is 1. The zero-order chi connectivity index (χ0) is 8.23. The molecular formula is C8H7N3O. The van der Waals surface area contributed by atoms with E-state index in [1.54, 1.807) is 24.9 Å². The molecule has 0 unspecified atom stereocenters. The SMILES string of the molecule is C(=C\c1ncc[nH]1)/c1cnoc1. The van der Waals surface area contributed by atoms with Crippen molar-refractivity contribution in [1.29, 1.82) is 0 Å². The van der Waals surface area contributed by atoms with E-state index < -0.39 is 0 Å². The van der Waals surface area contributed by atoms with Crippen LogP contribution in [-0.2, 0) is 0 Å². The molecule has 0 aliphatic heterocycles. The summed E-state index contributed by atoms with van der Waals surface area (Å²) in [5.41, 5.74) is 0.923. The summed E-state index contributed by atoms with van der Waals surface area (Å²) >= 11 is 0. The number of imidazole rings is 1. The molecule has 2 rings (SSSR count). The predicted molar refractivity (Wildman–Crippen MR) is 44.0 cm³/mol. The van der Waals surface area contributed by atoms with E-state index in [0.717, 1.165) is 11.4 Å². The van der Waals surface area contributed by atoms with E-state index in [4.69, 9.17) is 0 Å². The van der Waals surface area contributed by atoms with Gasteiger partial charge in [-0.2, -0.15) is 0 Å². The first-order valence-electron chi connectivity index (χ1n) is 3.52. The van der Waals surface area contributed by atoms with Gasteiger partial charge >= 0.3 is 0 Å². The third-order valence-electron chi connectivity index (χ3n) is 1.40. The Labute approximate surface area is 68.9 Å². The Hall–Kier alpha value is -1.84. The van der Waals surface area contributed by atoms with Crippen molar-refractivity contribution in [1.82, 2.24) is 15.1 Å². The van der Waals surface area contributed by atoms with Crippen molar-refractivity contribution in [2.75, 3.05) is 0 Å². The Morgan fingerprint density at radius 2 is 2.42 bits per heavy atom. The molecule has 2 aromatic rings. The van der Waals surface area contributed by atoms with Gasteiger partial charge in [0.15, 0.2) is 0 Å². The summed E-state index contributed by atoms with van der Waals surface area (Å²) < 4.78 is 4.65. The maximum atomic E-state index is 4.65. The lowest BCUT2D eigenvalue weighted by molar-refractivity contribution is 0.419. The molecule has 0 bridgehead atoms. The van der Waals surface area contributed by atoms with Crippen LogP contribution >= 0.6 is 0 Å². The fourth-order valence-corrected chi connectivity index (χ4v) is 0.839. The average molecular weight is 161 g/mol. The lowest BCUT2D eigenvalue weighted by Gasteiger charge is -1.80. The fourth-order valence-electron chi connectivity index (χ4n) is 0.839. The van der Waals surface area contributed by atoms with Gasteiger partial charge in [-0.1, -0.05) is 5.16 Å². The van der Waals surface area contributed by atoms with Crippen molar-refractivity contribution in [3.8, 4) is 0 Å². The zero-order valence-corrected chi connectivity index (χ0v) is 6.27. The van der Waals surface area contributed by atoms with Crippen LogP contribution in [0.3, 0.4) is 0 Å². The maximum absolute atomic E-state index is 4.65. The summed E-state index contributed by atoms with van der Waals surface area (Å²) in [6.07, 6.45) is 10.4. The number of H-pyrrole nitrogens is 1. The lowest BCUT2D eigenvalue weighted by Crippen LogP contribution is -1.71. The third-order valence-corrected chi connectivity index (χ3v) is 1.40. The second-order valence-electron chi connectivity index (χ2n) is 2.27. The van der Waals surface area contributed by atoms with E-state index in [2.05, 4.69) is 19.6 Å². The number of nitrogens with zero attached hydrogens (tertiary/aromatic N) is 2. The van der Waals surface area contributed by atoms with Crippen LogP contribution in [0, 0.1) is 0 Å². The van der Waals surface area contributed by atoms with Crippen LogP contribution in [0.4, 0.5) is 0 Å². The molecule has 4 heteroatoms. The third kappa shape index (κ3) is 1.42. The quantitative estimate of drug-likeness (QED) is 0.727. The molecule has 0 spiro atoms. The van der Waals surface area contributed by atoms with Gasteiger partial charge in [0, 0.05) is 18.0 Å². The first kappa shape index (κ1) is 6.84. The number of rotatable bonds is 2. The molecule has 1 N–H and O–H groups in total. The Bertz CT molecular complexity index is 311. The minimum atomic E-state index is 0.816. The van der Waals surface area contributed by atoms with Gasteiger partial charge in [0.2, 0.25) is 0 Å². The highest BCUT2D eigenvalue weighted by molar-refractivity contribution is 5.65. The van der Waals surface area contributed by atoms with E-state index in [1.807, 2.05) is 12.2 Å². The molecule has 0 atom stereocenters. The van der Waals surface area contributed by atoms with Crippen molar-refractivity contribution in [2.45, 2.75) is 0 Å². The van der Waals surface area contributed by atoms with Crippen LogP contribution < -0.4 is 0 Å². The molecule has 0 aromatic carbocycles. The predicted octanol–water partition coefficient (Wildman–Crippen LogP) is 1.57. The lowest BCUT2D eigenvalue weighted by atomic mass is 10.3. The van der Waals surface area contributed by atoms with Crippen LogP contribution in [0.5, 0.6) is 0 Å². The first-order valence-corrected chi connectivity index (χ1v) is 3.52. The summed E-state index contributed by atoms with van der Waals surface area (Å²) in [6, 6.07) is 0. The molecular weight excluding hydrogens is 154 g/mol. The highest BCUT2D eigenvalue weighted by Crippen LogP contribution is 2.02. The molecule has 4 nitrogen and oxygen atoms in total. The standard InChI is InChI=1S/C8H7N3O/c1(7-5-11-12-6-7)2-8-9-3-4-10-8/h1-6H,(H,9,10)/b2-1+. The monoisotopic (exact) mass is 161 g/mol. The Morgan fingerprint density at radius 3 is 3.08 bits per heavy atom. The van der Waals surface area contributed by atoms with Gasteiger partial charge in [-0.05, 0) is 12.2 Å². The highest BCUT2D eigenvalue weighted by atomic mass is 16.5. The van der Waals surface area contributed by atoms with Crippen molar-refractivity contribution < 1.29 is 4.52 Å². The molecule has 0 aliphatic carbocycles. The number of hydrogen-bond acceptors (Lipinski definition) is 3. The fraction of sp³-hybridized carbons (Fsp3) is 0. The van der Waals surface area contributed by atoms with E-state index in [-0.39, 0.29) is 0 Å². The van der Waals surface area contributed by atoms with Crippen LogP contribution in [0.2, 0.25) is 0 Å². The second-order valence-corrected chi connectivity index (χ2v) is 2.27. The van der Waals surface area contributed by atoms with Crippen LogP contribution in [0.1, 0.15) is 11.4 Å². The van der Waals surface area contributed by atoms with Crippen LogP contribution in [-0.4, -0.2) is 15.1 Å². The minimum Gasteiger partial charge on any atom is -0.364 e. The van der Waals surface area contributed by atoms with Crippen LogP contribution in [0.15, 0.2) is 29.4 Å². The summed E-state index contributed by atoms with van der Waals surface area (Å²) in [6.45, 7) is 0. The van der Waals surface area contributed by atoms with Crippen molar-refractivity contribution >= 4 is 12.2 Å². The molecule has 0 saturated carbocycles. The van der Waals surface area contributed by atoms with Crippen molar-refractivity contribution in [3.63, 3.8) is 0 Å². The Balaban J connectivity index is 2.14. The minimum absolute atomic E-state index is 0.816. The van der Waals surface area contributed by atoms with E-state index >= 15 is 0 Å². The van der Waals surface area contributed by atoms with Crippen molar-refractivity contribution in [2.24, 2.45) is 0 Å². The maximum Gasteiger partial charge on any atom is 0.131 e. The van der Waals surface area contributed by atoms with Crippen molar-refractivity contribution in [3.05, 3.63) is 36.2 Å². The number of nitrogens with one attached hydrogen (secondary N) is 1. The van der Waals surface area contributed by atoms with Gasteiger partial charge in [0.1, 0.15) is 12.1 Å². The summed E-state index contributed by atoms with van der Waals surface area (Å²) in [5, 5.41) is 3.57. The molecule has 0 radical (unpaired) electrons. The van der Waals surface area contributed by atoms with Gasteiger partial charge in [-0.3, -0.25) is 0 Å².